The first-order valence-electron chi connectivity index (χ1n) is 7.05. The minimum absolute atomic E-state index is 0.0594. The summed E-state index contributed by atoms with van der Waals surface area (Å²) in [6.07, 6.45) is 0.892. The summed E-state index contributed by atoms with van der Waals surface area (Å²) in [6.45, 7) is 8.52. The van der Waals surface area contributed by atoms with E-state index in [-0.39, 0.29) is 11.5 Å². The lowest BCUT2D eigenvalue weighted by molar-refractivity contribution is -0.140. The second-order valence-corrected chi connectivity index (χ2v) is 6.42. The van der Waals surface area contributed by atoms with Crippen molar-refractivity contribution in [3.05, 3.63) is 29.3 Å². The number of carboxylic acid groups (broad SMARTS) is 1. The van der Waals surface area contributed by atoms with Crippen LogP contribution in [0.5, 0.6) is 5.75 Å². The van der Waals surface area contributed by atoms with E-state index < -0.39 is 12.0 Å². The highest BCUT2D eigenvalue weighted by Gasteiger charge is 2.30. The molecule has 0 saturated carbocycles. The van der Waals surface area contributed by atoms with Crippen molar-refractivity contribution in [3.8, 4) is 5.75 Å². The van der Waals surface area contributed by atoms with Gasteiger partial charge < -0.3 is 15.2 Å². The van der Waals surface area contributed by atoms with E-state index in [4.69, 9.17) is 9.84 Å². The molecule has 1 aliphatic heterocycles. The summed E-state index contributed by atoms with van der Waals surface area (Å²) in [6, 6.07) is 5.56. The van der Waals surface area contributed by atoms with Crippen molar-refractivity contribution >= 4 is 5.97 Å². The van der Waals surface area contributed by atoms with Crippen molar-refractivity contribution in [1.82, 2.24) is 5.32 Å². The minimum Gasteiger partial charge on any atom is -0.487 e. The molecule has 0 amide bonds. The Morgan fingerprint density at radius 2 is 2.15 bits per heavy atom. The summed E-state index contributed by atoms with van der Waals surface area (Å²) < 4.78 is 5.84. The van der Waals surface area contributed by atoms with Crippen molar-refractivity contribution < 1.29 is 14.6 Å². The lowest BCUT2D eigenvalue weighted by Gasteiger charge is -2.18. The highest BCUT2D eigenvalue weighted by molar-refractivity contribution is 5.73. The van der Waals surface area contributed by atoms with Gasteiger partial charge in [0.05, 0.1) is 0 Å². The first kappa shape index (κ1) is 14.9. The number of hydrogen-bond acceptors (Lipinski definition) is 3. The van der Waals surface area contributed by atoms with Crippen LogP contribution in [0.15, 0.2) is 18.2 Å². The Balaban J connectivity index is 2.04. The molecule has 0 saturated heterocycles. The number of rotatable bonds is 5. The van der Waals surface area contributed by atoms with Crippen LogP contribution in [-0.2, 0) is 17.8 Å². The molecule has 0 aromatic heterocycles. The predicted molar refractivity (Wildman–Crippen MR) is 78.0 cm³/mol. The van der Waals surface area contributed by atoms with E-state index in [1.807, 2.05) is 26.0 Å². The summed E-state index contributed by atoms with van der Waals surface area (Å²) in [7, 11) is 0. The van der Waals surface area contributed by atoms with E-state index in [2.05, 4.69) is 25.2 Å². The molecule has 4 heteroatoms. The largest absolute Gasteiger partial charge is 0.487 e. The third kappa shape index (κ3) is 3.31. The van der Waals surface area contributed by atoms with Crippen LogP contribution in [0.4, 0.5) is 0 Å². The Kier molecular flexibility index (Phi) is 4.04. The monoisotopic (exact) mass is 277 g/mol. The molecule has 1 aliphatic rings. The van der Waals surface area contributed by atoms with E-state index >= 15 is 0 Å². The number of nitrogens with one attached hydrogen (secondary N) is 1. The van der Waals surface area contributed by atoms with Gasteiger partial charge in [-0.3, -0.25) is 4.79 Å². The van der Waals surface area contributed by atoms with Gasteiger partial charge in [0.15, 0.2) is 0 Å². The molecule has 110 valence electrons. The third-order valence-electron chi connectivity index (χ3n) is 3.59. The zero-order valence-corrected chi connectivity index (χ0v) is 12.6. The van der Waals surface area contributed by atoms with Gasteiger partial charge in [-0.15, -0.1) is 0 Å². The number of hydrogen-bond donors (Lipinski definition) is 2. The summed E-state index contributed by atoms with van der Waals surface area (Å²) in [5.74, 6) is 0.201. The highest BCUT2D eigenvalue weighted by atomic mass is 16.5. The van der Waals surface area contributed by atoms with Crippen molar-refractivity contribution in [2.45, 2.75) is 52.3 Å². The molecule has 0 spiro atoms. The van der Waals surface area contributed by atoms with Crippen LogP contribution in [0.1, 0.15) is 38.8 Å². The van der Waals surface area contributed by atoms with Crippen molar-refractivity contribution in [2.24, 2.45) is 5.92 Å². The van der Waals surface area contributed by atoms with Crippen LogP contribution >= 0.6 is 0 Å². The average Bonchev–Trinajstić information content (AvgIpc) is 2.61. The zero-order chi connectivity index (χ0) is 14.9. The van der Waals surface area contributed by atoms with Crippen LogP contribution in [0.3, 0.4) is 0 Å². The average molecular weight is 277 g/mol. The lowest BCUT2D eigenvalue weighted by Crippen LogP contribution is -2.40. The zero-order valence-electron chi connectivity index (χ0n) is 12.6. The Labute approximate surface area is 120 Å². The standard InChI is InChI=1S/C16H23NO3/c1-10(2)14(15(18)19)17-9-11-5-6-13-12(7-11)8-16(3,4)20-13/h5-7,10,14,17H,8-9H2,1-4H3,(H,18,19). The van der Waals surface area contributed by atoms with E-state index in [0.29, 0.717) is 6.54 Å². The van der Waals surface area contributed by atoms with Crippen molar-refractivity contribution in [2.75, 3.05) is 0 Å². The SMILES string of the molecule is CC(C)C(NCc1ccc2c(c1)CC(C)(C)O2)C(=O)O. The summed E-state index contributed by atoms with van der Waals surface area (Å²) in [5, 5.41) is 12.3. The molecule has 1 atom stereocenters. The van der Waals surface area contributed by atoms with Crippen LogP contribution in [0, 0.1) is 5.92 Å². The quantitative estimate of drug-likeness (QED) is 0.868. The van der Waals surface area contributed by atoms with E-state index in [1.165, 1.54) is 5.56 Å². The maximum absolute atomic E-state index is 11.2. The molecule has 0 bridgehead atoms. The molecular formula is C16H23NO3. The topological polar surface area (TPSA) is 58.6 Å². The van der Waals surface area contributed by atoms with Gasteiger partial charge in [0.1, 0.15) is 17.4 Å². The molecule has 2 N–H and O–H groups in total. The van der Waals surface area contributed by atoms with Gasteiger partial charge in [-0.25, -0.2) is 0 Å². The van der Waals surface area contributed by atoms with Gasteiger partial charge >= 0.3 is 5.97 Å². The van der Waals surface area contributed by atoms with Crippen LogP contribution in [0.2, 0.25) is 0 Å². The van der Waals surface area contributed by atoms with E-state index in [0.717, 1.165) is 17.7 Å². The Hall–Kier alpha value is -1.55. The van der Waals surface area contributed by atoms with Crippen LogP contribution in [-0.4, -0.2) is 22.7 Å². The summed E-state index contributed by atoms with van der Waals surface area (Å²) in [4.78, 5) is 11.2. The van der Waals surface area contributed by atoms with E-state index in [9.17, 15) is 4.79 Å². The molecule has 4 nitrogen and oxygen atoms in total. The number of fused-ring (bicyclic) bond motifs is 1. The van der Waals surface area contributed by atoms with Gasteiger partial charge in [-0.1, -0.05) is 26.0 Å². The number of carboxylic acids is 1. The predicted octanol–water partition coefficient (Wildman–Crippen LogP) is 2.60. The lowest BCUT2D eigenvalue weighted by atomic mass is 10.00. The molecule has 0 fully saturated rings. The second kappa shape index (κ2) is 5.44. The van der Waals surface area contributed by atoms with Gasteiger partial charge in [0.2, 0.25) is 0 Å². The minimum atomic E-state index is -0.800. The van der Waals surface area contributed by atoms with Crippen LogP contribution < -0.4 is 10.1 Å². The summed E-state index contributed by atoms with van der Waals surface area (Å²) >= 11 is 0. The summed E-state index contributed by atoms with van der Waals surface area (Å²) in [5.41, 5.74) is 2.15. The fraction of sp³-hybridized carbons (Fsp3) is 0.562. The number of aliphatic carboxylic acids is 1. The molecule has 0 aliphatic carbocycles. The van der Waals surface area contributed by atoms with Gasteiger partial charge in [0.25, 0.3) is 0 Å². The van der Waals surface area contributed by atoms with Gasteiger partial charge in [0, 0.05) is 13.0 Å². The molecule has 2 rings (SSSR count). The fourth-order valence-electron chi connectivity index (χ4n) is 2.61. The van der Waals surface area contributed by atoms with E-state index in [1.54, 1.807) is 0 Å². The third-order valence-corrected chi connectivity index (χ3v) is 3.59. The normalized spacial score (nSPS) is 17.6. The molecule has 0 radical (unpaired) electrons. The first-order valence-corrected chi connectivity index (χ1v) is 7.05. The van der Waals surface area contributed by atoms with Crippen LogP contribution in [0.25, 0.3) is 0 Å². The molecular weight excluding hydrogens is 254 g/mol. The molecule has 1 aromatic rings. The fourth-order valence-corrected chi connectivity index (χ4v) is 2.61. The number of carbonyl (C=O) groups is 1. The molecule has 1 heterocycles. The maximum atomic E-state index is 11.2. The maximum Gasteiger partial charge on any atom is 0.320 e. The Bertz CT molecular complexity index is 508. The molecule has 1 aromatic carbocycles. The van der Waals surface area contributed by atoms with Crippen molar-refractivity contribution in [1.29, 1.82) is 0 Å². The number of benzene rings is 1. The smallest absolute Gasteiger partial charge is 0.320 e. The number of ether oxygens (including phenoxy) is 1. The van der Waals surface area contributed by atoms with Gasteiger partial charge in [-0.05, 0) is 37.0 Å². The van der Waals surface area contributed by atoms with Gasteiger partial charge in [-0.2, -0.15) is 0 Å². The Morgan fingerprint density at radius 1 is 1.45 bits per heavy atom. The molecule has 1 unspecified atom stereocenters. The van der Waals surface area contributed by atoms with Crippen molar-refractivity contribution in [3.63, 3.8) is 0 Å². The molecule has 20 heavy (non-hydrogen) atoms. The highest BCUT2D eigenvalue weighted by Crippen LogP contribution is 2.35. The Morgan fingerprint density at radius 3 is 2.75 bits per heavy atom. The first-order chi connectivity index (χ1) is 9.28. The second-order valence-electron chi connectivity index (χ2n) is 6.42.